The molecule has 1 aromatic rings. The number of nitrogens with zero attached hydrogens (tertiary/aromatic N) is 1. The van der Waals surface area contributed by atoms with Gasteiger partial charge in [0.2, 0.25) is 0 Å². The summed E-state index contributed by atoms with van der Waals surface area (Å²) in [5, 5.41) is 3.47. The number of rotatable bonds is 9. The lowest BCUT2D eigenvalue weighted by Gasteiger charge is -2.15. The average molecular weight is 252 g/mol. The van der Waals surface area contributed by atoms with Crippen LogP contribution in [0, 0.1) is 5.92 Å². The largest absolute Gasteiger partial charge is 0.468 e. The van der Waals surface area contributed by atoms with E-state index in [-0.39, 0.29) is 0 Å². The van der Waals surface area contributed by atoms with Crippen LogP contribution < -0.4 is 5.32 Å². The van der Waals surface area contributed by atoms with Gasteiger partial charge in [-0.1, -0.05) is 27.2 Å². The first-order valence-electron chi connectivity index (χ1n) is 7.08. The van der Waals surface area contributed by atoms with E-state index >= 15 is 0 Å². The maximum Gasteiger partial charge on any atom is 0.122 e. The van der Waals surface area contributed by atoms with Gasteiger partial charge in [0.15, 0.2) is 0 Å². The van der Waals surface area contributed by atoms with Crippen molar-refractivity contribution in [2.45, 2.75) is 46.7 Å². The van der Waals surface area contributed by atoms with E-state index in [4.69, 9.17) is 4.42 Å². The second-order valence-corrected chi connectivity index (χ2v) is 5.49. The molecule has 0 radical (unpaired) electrons. The summed E-state index contributed by atoms with van der Waals surface area (Å²) in [6, 6.07) is 2.08. The zero-order valence-corrected chi connectivity index (χ0v) is 12.3. The Bertz CT molecular complexity index is 320. The SMILES string of the molecule is CCCCN(C)Cc1occc1CNCC(C)C. The molecule has 0 atom stereocenters. The van der Waals surface area contributed by atoms with Crippen LogP contribution in [0.3, 0.4) is 0 Å². The van der Waals surface area contributed by atoms with Crippen molar-refractivity contribution in [1.82, 2.24) is 10.2 Å². The minimum absolute atomic E-state index is 0.688. The Morgan fingerprint density at radius 1 is 1.39 bits per heavy atom. The highest BCUT2D eigenvalue weighted by molar-refractivity contribution is 5.16. The summed E-state index contributed by atoms with van der Waals surface area (Å²) in [6.45, 7) is 10.7. The number of hydrogen-bond acceptors (Lipinski definition) is 3. The molecular weight excluding hydrogens is 224 g/mol. The van der Waals surface area contributed by atoms with E-state index in [2.05, 4.69) is 44.1 Å². The second-order valence-electron chi connectivity index (χ2n) is 5.49. The molecule has 0 aliphatic carbocycles. The smallest absolute Gasteiger partial charge is 0.122 e. The maximum absolute atomic E-state index is 5.59. The van der Waals surface area contributed by atoms with Crippen molar-refractivity contribution in [2.24, 2.45) is 5.92 Å². The highest BCUT2D eigenvalue weighted by atomic mass is 16.3. The predicted octanol–water partition coefficient (Wildman–Crippen LogP) is 3.26. The van der Waals surface area contributed by atoms with E-state index in [1.807, 2.05) is 0 Å². The van der Waals surface area contributed by atoms with E-state index in [1.54, 1.807) is 6.26 Å². The van der Waals surface area contributed by atoms with E-state index in [1.165, 1.54) is 18.4 Å². The zero-order chi connectivity index (χ0) is 13.4. The molecule has 0 aliphatic rings. The standard InChI is InChI=1S/C15H28N2O/c1-5-6-8-17(4)12-15-14(7-9-18-15)11-16-10-13(2)3/h7,9,13,16H,5-6,8,10-12H2,1-4H3. The minimum atomic E-state index is 0.688. The predicted molar refractivity (Wildman–Crippen MR) is 76.5 cm³/mol. The van der Waals surface area contributed by atoms with Gasteiger partial charge in [0.05, 0.1) is 12.8 Å². The van der Waals surface area contributed by atoms with Gasteiger partial charge in [-0.3, -0.25) is 4.90 Å². The average Bonchev–Trinajstić information content (AvgIpc) is 2.73. The summed E-state index contributed by atoms with van der Waals surface area (Å²) in [7, 11) is 2.16. The summed E-state index contributed by atoms with van der Waals surface area (Å²) in [4.78, 5) is 2.33. The van der Waals surface area contributed by atoms with Gasteiger partial charge in [0, 0.05) is 12.1 Å². The van der Waals surface area contributed by atoms with Crippen molar-refractivity contribution in [1.29, 1.82) is 0 Å². The summed E-state index contributed by atoms with van der Waals surface area (Å²) in [6.07, 6.45) is 4.29. The van der Waals surface area contributed by atoms with E-state index < -0.39 is 0 Å². The molecule has 3 nitrogen and oxygen atoms in total. The van der Waals surface area contributed by atoms with Gasteiger partial charge in [0.25, 0.3) is 0 Å². The lowest BCUT2D eigenvalue weighted by Crippen LogP contribution is -2.22. The number of nitrogens with one attached hydrogen (secondary N) is 1. The van der Waals surface area contributed by atoms with Crippen LogP contribution in [0.25, 0.3) is 0 Å². The molecule has 0 amide bonds. The topological polar surface area (TPSA) is 28.4 Å². The second kappa shape index (κ2) is 8.33. The van der Waals surface area contributed by atoms with Gasteiger partial charge in [-0.25, -0.2) is 0 Å². The fourth-order valence-corrected chi connectivity index (χ4v) is 1.91. The first-order valence-corrected chi connectivity index (χ1v) is 7.08. The van der Waals surface area contributed by atoms with Crippen molar-refractivity contribution in [3.05, 3.63) is 23.7 Å². The van der Waals surface area contributed by atoms with Gasteiger partial charge in [-0.2, -0.15) is 0 Å². The van der Waals surface area contributed by atoms with Crippen molar-refractivity contribution in [3.8, 4) is 0 Å². The molecular formula is C15H28N2O. The molecule has 0 fully saturated rings. The maximum atomic E-state index is 5.59. The van der Waals surface area contributed by atoms with Crippen LogP contribution >= 0.6 is 0 Å². The molecule has 1 rings (SSSR count). The van der Waals surface area contributed by atoms with Gasteiger partial charge in [-0.05, 0) is 38.5 Å². The van der Waals surface area contributed by atoms with Crippen LogP contribution in [-0.2, 0) is 13.1 Å². The highest BCUT2D eigenvalue weighted by Gasteiger charge is 2.09. The Hall–Kier alpha value is -0.800. The first kappa shape index (κ1) is 15.3. The van der Waals surface area contributed by atoms with Crippen LogP contribution in [-0.4, -0.2) is 25.0 Å². The third-order valence-electron chi connectivity index (χ3n) is 3.01. The summed E-state index contributed by atoms with van der Waals surface area (Å²) in [5.74, 6) is 1.79. The van der Waals surface area contributed by atoms with Crippen LogP contribution in [0.5, 0.6) is 0 Å². The molecule has 18 heavy (non-hydrogen) atoms. The normalized spacial score (nSPS) is 11.7. The fourth-order valence-electron chi connectivity index (χ4n) is 1.91. The molecule has 0 bridgehead atoms. The van der Waals surface area contributed by atoms with Crippen molar-refractivity contribution < 1.29 is 4.42 Å². The van der Waals surface area contributed by atoms with E-state index in [9.17, 15) is 0 Å². The van der Waals surface area contributed by atoms with Gasteiger partial charge >= 0.3 is 0 Å². The molecule has 0 saturated carbocycles. The highest BCUT2D eigenvalue weighted by Crippen LogP contribution is 2.13. The number of unbranched alkanes of at least 4 members (excludes halogenated alkanes) is 1. The van der Waals surface area contributed by atoms with Crippen LogP contribution in [0.4, 0.5) is 0 Å². The molecule has 0 spiro atoms. The summed E-state index contributed by atoms with van der Waals surface area (Å²) < 4.78 is 5.59. The third-order valence-corrected chi connectivity index (χ3v) is 3.01. The first-order chi connectivity index (χ1) is 8.63. The molecule has 0 aromatic carbocycles. The third kappa shape index (κ3) is 5.69. The Kier molecular flexibility index (Phi) is 7.06. The van der Waals surface area contributed by atoms with Crippen molar-refractivity contribution in [2.75, 3.05) is 20.1 Å². The van der Waals surface area contributed by atoms with E-state index in [0.717, 1.165) is 31.9 Å². The molecule has 104 valence electrons. The summed E-state index contributed by atoms with van der Waals surface area (Å²) in [5.41, 5.74) is 1.29. The van der Waals surface area contributed by atoms with Crippen molar-refractivity contribution in [3.63, 3.8) is 0 Å². The molecule has 0 unspecified atom stereocenters. The minimum Gasteiger partial charge on any atom is -0.468 e. The lowest BCUT2D eigenvalue weighted by molar-refractivity contribution is 0.288. The Balaban J connectivity index is 2.39. The van der Waals surface area contributed by atoms with Crippen molar-refractivity contribution >= 4 is 0 Å². The number of hydrogen-bond donors (Lipinski definition) is 1. The summed E-state index contributed by atoms with van der Waals surface area (Å²) >= 11 is 0. The van der Waals surface area contributed by atoms with Crippen LogP contribution in [0.15, 0.2) is 16.7 Å². The monoisotopic (exact) mass is 252 g/mol. The fraction of sp³-hybridized carbons (Fsp3) is 0.733. The van der Waals surface area contributed by atoms with Crippen LogP contribution in [0.1, 0.15) is 44.9 Å². The molecule has 1 heterocycles. The molecule has 0 aliphatic heterocycles. The van der Waals surface area contributed by atoms with E-state index in [0.29, 0.717) is 5.92 Å². The Morgan fingerprint density at radius 3 is 2.83 bits per heavy atom. The Labute approximate surface area is 112 Å². The molecule has 1 N–H and O–H groups in total. The Morgan fingerprint density at radius 2 is 2.17 bits per heavy atom. The quantitative estimate of drug-likeness (QED) is 0.731. The molecule has 1 aromatic heterocycles. The van der Waals surface area contributed by atoms with Gasteiger partial charge in [-0.15, -0.1) is 0 Å². The lowest BCUT2D eigenvalue weighted by atomic mass is 10.2. The van der Waals surface area contributed by atoms with Crippen LogP contribution in [0.2, 0.25) is 0 Å². The van der Waals surface area contributed by atoms with Gasteiger partial charge in [0.1, 0.15) is 5.76 Å². The van der Waals surface area contributed by atoms with Gasteiger partial charge < -0.3 is 9.73 Å². The number of furan rings is 1. The molecule has 3 heteroatoms. The zero-order valence-electron chi connectivity index (χ0n) is 12.3. The molecule has 0 saturated heterocycles.